The van der Waals surface area contributed by atoms with Crippen LogP contribution in [0.15, 0.2) is 59.8 Å². The van der Waals surface area contributed by atoms with Crippen LogP contribution < -0.4 is 10.1 Å². The van der Waals surface area contributed by atoms with Crippen molar-refractivity contribution in [3.8, 4) is 11.4 Å². The van der Waals surface area contributed by atoms with Crippen LogP contribution in [0.1, 0.15) is 26.1 Å². The van der Waals surface area contributed by atoms with E-state index in [2.05, 4.69) is 46.1 Å². The molecule has 2 aromatic carbocycles. The zero-order valence-electron chi connectivity index (χ0n) is 16.1. The molecule has 5 nitrogen and oxygen atoms in total. The molecule has 3 rings (SSSR count). The molecule has 0 radical (unpaired) electrons. The Morgan fingerprint density at radius 3 is 2.52 bits per heavy atom. The first-order valence-corrected chi connectivity index (χ1v) is 10.2. The summed E-state index contributed by atoms with van der Waals surface area (Å²) in [6.07, 6.45) is 1.15. The van der Waals surface area contributed by atoms with Crippen molar-refractivity contribution in [3.63, 3.8) is 0 Å². The number of nitrogens with one attached hydrogen (secondary N) is 1. The Hall–Kier alpha value is -2.47. The van der Waals surface area contributed by atoms with Crippen LogP contribution in [-0.4, -0.2) is 27.6 Å². The average molecular weight is 383 g/mol. The van der Waals surface area contributed by atoms with E-state index in [-0.39, 0.29) is 0 Å². The molecule has 0 atom stereocenters. The lowest BCUT2D eigenvalue weighted by Gasteiger charge is -2.13. The average Bonchev–Trinajstić information content (AvgIpc) is 3.09. The molecular weight excluding hydrogens is 356 g/mol. The number of thioether (sulfide) groups is 1. The Kier molecular flexibility index (Phi) is 6.76. The molecule has 1 heterocycles. The summed E-state index contributed by atoms with van der Waals surface area (Å²) in [5, 5.41) is 13.2. The van der Waals surface area contributed by atoms with Crippen molar-refractivity contribution < 1.29 is 4.74 Å². The molecule has 0 saturated heterocycles. The smallest absolute Gasteiger partial charge is 0.195 e. The number of hydrogen-bond acceptors (Lipinski definition) is 5. The summed E-state index contributed by atoms with van der Waals surface area (Å²) in [4.78, 5) is 0. The second kappa shape index (κ2) is 9.46. The highest BCUT2D eigenvalue weighted by Gasteiger charge is 2.15. The van der Waals surface area contributed by atoms with Crippen molar-refractivity contribution in [1.82, 2.24) is 14.8 Å². The summed E-state index contributed by atoms with van der Waals surface area (Å²) < 4.78 is 7.55. The number of ether oxygens (including phenoxy) is 1. The van der Waals surface area contributed by atoms with Gasteiger partial charge in [-0.1, -0.05) is 55.9 Å². The van der Waals surface area contributed by atoms with Gasteiger partial charge in [-0.25, -0.2) is 0 Å². The molecule has 0 spiro atoms. The van der Waals surface area contributed by atoms with Gasteiger partial charge in [-0.2, -0.15) is 0 Å². The minimum atomic E-state index is 0.563. The molecule has 6 heteroatoms. The summed E-state index contributed by atoms with van der Waals surface area (Å²) in [7, 11) is 1.68. The first-order valence-electron chi connectivity index (χ1n) is 9.18. The second-order valence-electron chi connectivity index (χ2n) is 6.65. The highest BCUT2D eigenvalue weighted by atomic mass is 32.2. The molecule has 0 bridgehead atoms. The minimum absolute atomic E-state index is 0.563. The van der Waals surface area contributed by atoms with Gasteiger partial charge in [0, 0.05) is 11.4 Å². The highest BCUT2D eigenvalue weighted by Crippen LogP contribution is 2.26. The molecular formula is C21H26N4OS. The molecule has 0 saturated carbocycles. The third kappa shape index (κ3) is 5.04. The van der Waals surface area contributed by atoms with E-state index in [4.69, 9.17) is 4.74 Å². The van der Waals surface area contributed by atoms with E-state index in [1.54, 1.807) is 18.9 Å². The predicted molar refractivity (Wildman–Crippen MR) is 112 cm³/mol. The molecule has 27 heavy (non-hydrogen) atoms. The Morgan fingerprint density at radius 1 is 1.04 bits per heavy atom. The Bertz CT molecular complexity index is 848. The fourth-order valence-corrected chi connectivity index (χ4v) is 3.91. The quantitative estimate of drug-likeness (QED) is 0.526. The lowest BCUT2D eigenvalue weighted by Crippen LogP contribution is -2.09. The third-order valence-electron chi connectivity index (χ3n) is 4.19. The summed E-state index contributed by atoms with van der Waals surface area (Å²) in [5.41, 5.74) is 2.02. The van der Waals surface area contributed by atoms with Crippen LogP contribution in [0.5, 0.6) is 5.75 Å². The maximum Gasteiger partial charge on any atom is 0.195 e. The molecule has 0 unspecified atom stereocenters. The SMILES string of the molecule is COc1ccccc1NCc1nnc(SCCC(C)C)n1-c1ccccc1. The van der Waals surface area contributed by atoms with Gasteiger partial charge in [0.1, 0.15) is 5.75 Å². The lowest BCUT2D eigenvalue weighted by atomic mass is 10.2. The Balaban J connectivity index is 1.83. The fourth-order valence-electron chi connectivity index (χ4n) is 2.70. The first-order chi connectivity index (χ1) is 13.2. The predicted octanol–water partition coefficient (Wildman–Crippen LogP) is 5.03. The third-order valence-corrected chi connectivity index (χ3v) is 5.15. The van der Waals surface area contributed by atoms with E-state index in [9.17, 15) is 0 Å². The van der Waals surface area contributed by atoms with Crippen molar-refractivity contribution >= 4 is 17.4 Å². The molecule has 0 fully saturated rings. The van der Waals surface area contributed by atoms with Crippen LogP contribution >= 0.6 is 11.8 Å². The number of rotatable bonds is 9. The largest absolute Gasteiger partial charge is 0.495 e. The number of methoxy groups -OCH3 is 1. The monoisotopic (exact) mass is 382 g/mol. The fraction of sp³-hybridized carbons (Fsp3) is 0.333. The van der Waals surface area contributed by atoms with E-state index in [0.717, 1.165) is 40.3 Å². The Morgan fingerprint density at radius 2 is 1.78 bits per heavy atom. The van der Waals surface area contributed by atoms with Crippen LogP contribution in [0, 0.1) is 5.92 Å². The molecule has 0 aliphatic rings. The van der Waals surface area contributed by atoms with Crippen LogP contribution in [0.25, 0.3) is 5.69 Å². The normalized spacial score (nSPS) is 11.0. The number of benzene rings is 2. The van der Waals surface area contributed by atoms with Gasteiger partial charge >= 0.3 is 0 Å². The van der Waals surface area contributed by atoms with Crippen molar-refractivity contribution in [2.24, 2.45) is 5.92 Å². The molecule has 0 aliphatic heterocycles. The lowest BCUT2D eigenvalue weighted by molar-refractivity contribution is 0.416. The van der Waals surface area contributed by atoms with Gasteiger partial charge < -0.3 is 10.1 Å². The second-order valence-corrected chi connectivity index (χ2v) is 7.72. The molecule has 1 aromatic heterocycles. The van der Waals surface area contributed by atoms with Crippen molar-refractivity contribution in [1.29, 1.82) is 0 Å². The van der Waals surface area contributed by atoms with E-state index in [1.165, 1.54) is 0 Å². The summed E-state index contributed by atoms with van der Waals surface area (Å²) in [6.45, 7) is 5.04. The van der Waals surface area contributed by atoms with Gasteiger partial charge in [-0.05, 0) is 36.6 Å². The van der Waals surface area contributed by atoms with Gasteiger partial charge in [0.05, 0.1) is 19.3 Å². The number of para-hydroxylation sites is 3. The summed E-state index contributed by atoms with van der Waals surface area (Å²) in [5.74, 6) is 3.40. The zero-order valence-corrected chi connectivity index (χ0v) is 16.9. The van der Waals surface area contributed by atoms with Crippen LogP contribution in [0.2, 0.25) is 0 Å². The van der Waals surface area contributed by atoms with Crippen molar-refractivity contribution in [3.05, 3.63) is 60.4 Å². The number of nitrogens with zero attached hydrogens (tertiary/aromatic N) is 3. The van der Waals surface area contributed by atoms with Gasteiger partial charge in [0.25, 0.3) is 0 Å². The highest BCUT2D eigenvalue weighted by molar-refractivity contribution is 7.99. The van der Waals surface area contributed by atoms with Gasteiger partial charge in [-0.3, -0.25) is 4.57 Å². The number of anilines is 1. The van der Waals surface area contributed by atoms with Crippen molar-refractivity contribution in [2.45, 2.75) is 32.0 Å². The van der Waals surface area contributed by atoms with E-state index in [0.29, 0.717) is 12.5 Å². The van der Waals surface area contributed by atoms with E-state index >= 15 is 0 Å². The summed E-state index contributed by atoms with van der Waals surface area (Å²) in [6, 6.07) is 18.2. The number of aromatic nitrogens is 3. The Labute approximate surface area is 165 Å². The zero-order chi connectivity index (χ0) is 19.1. The van der Waals surface area contributed by atoms with Gasteiger partial charge in [0.15, 0.2) is 11.0 Å². The van der Waals surface area contributed by atoms with Gasteiger partial charge in [0.2, 0.25) is 0 Å². The molecule has 3 aromatic rings. The molecule has 0 aliphatic carbocycles. The summed E-state index contributed by atoms with van der Waals surface area (Å²) >= 11 is 1.76. The van der Waals surface area contributed by atoms with E-state index in [1.807, 2.05) is 42.5 Å². The van der Waals surface area contributed by atoms with Gasteiger partial charge in [-0.15, -0.1) is 10.2 Å². The minimum Gasteiger partial charge on any atom is -0.495 e. The first kappa shape index (κ1) is 19.3. The molecule has 1 N–H and O–H groups in total. The van der Waals surface area contributed by atoms with Crippen molar-refractivity contribution in [2.75, 3.05) is 18.2 Å². The standard InChI is InChI=1S/C21H26N4OS/c1-16(2)13-14-27-21-24-23-20(25(21)17-9-5-4-6-10-17)15-22-18-11-7-8-12-19(18)26-3/h4-12,16,22H,13-15H2,1-3H3. The number of hydrogen-bond donors (Lipinski definition) is 1. The molecule has 0 amide bonds. The maximum atomic E-state index is 5.42. The van der Waals surface area contributed by atoms with E-state index < -0.39 is 0 Å². The van der Waals surface area contributed by atoms with Crippen LogP contribution in [0.3, 0.4) is 0 Å². The topological polar surface area (TPSA) is 52.0 Å². The van der Waals surface area contributed by atoms with Crippen LogP contribution in [0.4, 0.5) is 5.69 Å². The van der Waals surface area contributed by atoms with Crippen LogP contribution in [-0.2, 0) is 6.54 Å². The molecule has 142 valence electrons. The maximum absolute atomic E-state index is 5.42.